The first-order valence-corrected chi connectivity index (χ1v) is 8.47. The molecule has 0 amide bonds. The molecule has 0 saturated carbocycles. The summed E-state index contributed by atoms with van der Waals surface area (Å²) in [5.41, 5.74) is -0.831. The smallest absolute Gasteiger partial charge is 0.297 e. The summed E-state index contributed by atoms with van der Waals surface area (Å²) in [5.74, 6) is -0.303. The summed E-state index contributed by atoms with van der Waals surface area (Å²) in [6.45, 7) is 4.10. The van der Waals surface area contributed by atoms with E-state index in [4.69, 9.17) is 0 Å². The zero-order chi connectivity index (χ0) is 16.0. The van der Waals surface area contributed by atoms with E-state index in [1.165, 1.54) is 24.2 Å². The van der Waals surface area contributed by atoms with Crippen LogP contribution in [0.3, 0.4) is 0 Å². The van der Waals surface area contributed by atoms with Crippen molar-refractivity contribution in [2.75, 3.05) is 5.33 Å². The quantitative estimate of drug-likeness (QED) is 0.407. The highest BCUT2D eigenvalue weighted by atomic mass is 79.9. The first kappa shape index (κ1) is 17.9. The minimum absolute atomic E-state index is 0.0250. The number of alkyl halides is 1. The zero-order valence-corrected chi connectivity index (χ0v) is 14.5. The Morgan fingerprint density at radius 1 is 1.29 bits per heavy atom. The Balaban J connectivity index is 3.07. The van der Waals surface area contributed by atoms with Gasteiger partial charge in [-0.05, 0) is 13.3 Å². The lowest BCUT2D eigenvalue weighted by Gasteiger charge is -2.17. The van der Waals surface area contributed by atoms with Gasteiger partial charge in [-0.3, -0.25) is 18.7 Å². The molecule has 0 spiro atoms. The fourth-order valence-corrected chi connectivity index (χ4v) is 2.58. The Hall–Kier alpha value is -1.17. The molecule has 0 bridgehead atoms. The van der Waals surface area contributed by atoms with Gasteiger partial charge >= 0.3 is 5.69 Å². The molecule has 1 unspecified atom stereocenters. The standard InChI is InChI=1S/C15H23BrN2O3/c1-4-5-6-7-8-11(2)18-10-12(13(19)9-16)14(20)17(3)15(18)21/h10-11H,4-9H2,1-3H3. The number of ketones is 1. The number of carbonyl (C=O) groups excluding carboxylic acids is 1. The van der Waals surface area contributed by atoms with Gasteiger partial charge in [0.05, 0.1) is 5.33 Å². The molecule has 1 atom stereocenters. The van der Waals surface area contributed by atoms with Gasteiger partial charge in [-0.1, -0.05) is 48.5 Å². The van der Waals surface area contributed by atoms with Crippen molar-refractivity contribution in [3.63, 3.8) is 0 Å². The van der Waals surface area contributed by atoms with E-state index in [1.54, 1.807) is 0 Å². The highest BCUT2D eigenvalue weighted by Gasteiger charge is 2.17. The van der Waals surface area contributed by atoms with Crippen LogP contribution >= 0.6 is 15.9 Å². The molecule has 1 aromatic heterocycles. The Bertz CT molecular complexity index is 604. The number of carbonyl (C=O) groups is 1. The summed E-state index contributed by atoms with van der Waals surface area (Å²) in [6, 6.07) is -0.0250. The SMILES string of the molecule is CCCCCCC(C)n1cc(C(=O)CBr)c(=O)n(C)c1=O. The van der Waals surface area contributed by atoms with Crippen molar-refractivity contribution in [3.05, 3.63) is 32.6 Å². The van der Waals surface area contributed by atoms with Crippen LogP contribution in [0.2, 0.25) is 0 Å². The van der Waals surface area contributed by atoms with Crippen molar-refractivity contribution in [2.45, 2.75) is 52.0 Å². The third kappa shape index (κ3) is 4.40. The van der Waals surface area contributed by atoms with Crippen LogP contribution < -0.4 is 11.2 Å². The van der Waals surface area contributed by atoms with Crippen LogP contribution in [0.5, 0.6) is 0 Å². The van der Waals surface area contributed by atoms with Crippen LogP contribution in [0, 0.1) is 0 Å². The predicted octanol–water partition coefficient (Wildman–Crippen LogP) is 2.66. The summed E-state index contributed by atoms with van der Waals surface area (Å²) >= 11 is 3.06. The molecular weight excluding hydrogens is 336 g/mol. The van der Waals surface area contributed by atoms with Crippen LogP contribution in [0.4, 0.5) is 0 Å². The Morgan fingerprint density at radius 3 is 2.52 bits per heavy atom. The maximum atomic E-state index is 12.2. The average Bonchev–Trinajstić information content (AvgIpc) is 2.48. The molecule has 0 aliphatic heterocycles. The second kappa shape index (κ2) is 8.32. The highest BCUT2D eigenvalue weighted by molar-refractivity contribution is 9.09. The molecule has 0 N–H and O–H groups in total. The lowest BCUT2D eigenvalue weighted by Crippen LogP contribution is -2.41. The third-order valence-electron chi connectivity index (χ3n) is 3.68. The Labute approximate surface area is 133 Å². The van der Waals surface area contributed by atoms with Crippen molar-refractivity contribution >= 4 is 21.7 Å². The molecule has 1 rings (SSSR count). The van der Waals surface area contributed by atoms with Gasteiger partial charge in [-0.2, -0.15) is 0 Å². The lowest BCUT2D eigenvalue weighted by atomic mass is 10.1. The van der Waals surface area contributed by atoms with Gasteiger partial charge in [-0.15, -0.1) is 0 Å². The van der Waals surface area contributed by atoms with Gasteiger partial charge in [-0.25, -0.2) is 4.79 Å². The number of halogens is 1. The second-order valence-electron chi connectivity index (χ2n) is 5.35. The fourth-order valence-electron chi connectivity index (χ4n) is 2.27. The van der Waals surface area contributed by atoms with Crippen LogP contribution in [-0.4, -0.2) is 20.2 Å². The molecule has 0 aromatic carbocycles. The normalized spacial score (nSPS) is 12.4. The molecule has 0 saturated heterocycles. The van der Waals surface area contributed by atoms with Crippen LogP contribution in [0.15, 0.2) is 15.8 Å². The van der Waals surface area contributed by atoms with E-state index in [0.29, 0.717) is 0 Å². The van der Waals surface area contributed by atoms with Crippen LogP contribution in [-0.2, 0) is 7.05 Å². The van der Waals surface area contributed by atoms with Gasteiger partial charge in [0, 0.05) is 19.3 Å². The average molecular weight is 359 g/mol. The van der Waals surface area contributed by atoms with E-state index >= 15 is 0 Å². The number of rotatable bonds is 8. The molecule has 0 radical (unpaired) electrons. The van der Waals surface area contributed by atoms with Crippen LogP contribution in [0.1, 0.15) is 62.4 Å². The number of unbranched alkanes of at least 4 members (excludes halogenated alkanes) is 3. The molecule has 5 nitrogen and oxygen atoms in total. The summed E-state index contributed by atoms with van der Waals surface area (Å²) in [4.78, 5) is 36.0. The van der Waals surface area contributed by atoms with Gasteiger partial charge in [0.25, 0.3) is 5.56 Å². The lowest BCUT2D eigenvalue weighted by molar-refractivity contribution is 0.102. The maximum Gasteiger partial charge on any atom is 0.330 e. The van der Waals surface area contributed by atoms with E-state index in [1.807, 2.05) is 6.92 Å². The molecule has 0 fully saturated rings. The first-order chi connectivity index (χ1) is 9.93. The number of hydrogen-bond acceptors (Lipinski definition) is 3. The van der Waals surface area contributed by atoms with E-state index in [2.05, 4.69) is 22.9 Å². The van der Waals surface area contributed by atoms with Gasteiger partial charge in [0.2, 0.25) is 0 Å². The Kier molecular flexibility index (Phi) is 7.08. The fraction of sp³-hybridized carbons (Fsp3) is 0.667. The maximum absolute atomic E-state index is 12.2. The van der Waals surface area contributed by atoms with Crippen molar-refractivity contribution in [1.82, 2.24) is 9.13 Å². The molecule has 1 aromatic rings. The van der Waals surface area contributed by atoms with Gasteiger partial charge in [0.1, 0.15) is 5.56 Å². The van der Waals surface area contributed by atoms with E-state index < -0.39 is 5.56 Å². The van der Waals surface area contributed by atoms with Gasteiger partial charge in [0.15, 0.2) is 5.78 Å². The number of nitrogens with zero attached hydrogens (tertiary/aromatic N) is 2. The van der Waals surface area contributed by atoms with E-state index in [9.17, 15) is 14.4 Å². The topological polar surface area (TPSA) is 61.1 Å². The van der Waals surface area contributed by atoms with Crippen molar-refractivity contribution < 1.29 is 4.79 Å². The summed E-state index contributed by atoms with van der Waals surface area (Å²) in [7, 11) is 1.41. The minimum atomic E-state index is -0.529. The first-order valence-electron chi connectivity index (χ1n) is 7.35. The summed E-state index contributed by atoms with van der Waals surface area (Å²) in [5, 5.41) is 0.0747. The zero-order valence-electron chi connectivity index (χ0n) is 12.9. The third-order valence-corrected chi connectivity index (χ3v) is 4.19. The molecule has 0 aliphatic rings. The van der Waals surface area contributed by atoms with Crippen molar-refractivity contribution in [1.29, 1.82) is 0 Å². The van der Waals surface area contributed by atoms with Crippen molar-refractivity contribution in [3.8, 4) is 0 Å². The number of hydrogen-bond donors (Lipinski definition) is 0. The Morgan fingerprint density at radius 2 is 1.95 bits per heavy atom. The molecule has 0 aliphatic carbocycles. The van der Waals surface area contributed by atoms with Crippen LogP contribution in [0.25, 0.3) is 0 Å². The highest BCUT2D eigenvalue weighted by Crippen LogP contribution is 2.14. The van der Waals surface area contributed by atoms with E-state index in [-0.39, 0.29) is 28.4 Å². The second-order valence-corrected chi connectivity index (χ2v) is 5.91. The summed E-state index contributed by atoms with van der Waals surface area (Å²) in [6.07, 6.45) is 6.79. The molecular formula is C15H23BrN2O3. The molecule has 118 valence electrons. The van der Waals surface area contributed by atoms with E-state index in [0.717, 1.165) is 30.3 Å². The predicted molar refractivity (Wildman–Crippen MR) is 87.5 cm³/mol. The monoisotopic (exact) mass is 358 g/mol. The molecule has 21 heavy (non-hydrogen) atoms. The number of aromatic nitrogens is 2. The minimum Gasteiger partial charge on any atom is -0.297 e. The van der Waals surface area contributed by atoms with Gasteiger partial charge < -0.3 is 0 Å². The molecule has 1 heterocycles. The summed E-state index contributed by atoms with van der Waals surface area (Å²) < 4.78 is 2.52. The largest absolute Gasteiger partial charge is 0.330 e. The number of Topliss-reactive ketones (excluding diaryl/α,β-unsaturated/α-hetero) is 1. The van der Waals surface area contributed by atoms with Crippen molar-refractivity contribution in [2.24, 2.45) is 7.05 Å². The molecule has 6 heteroatoms.